The smallest absolute Gasteiger partial charge is 0.234 e. The number of nitrogens with zero attached hydrogens (tertiary/aromatic N) is 3. The van der Waals surface area contributed by atoms with E-state index in [1.54, 1.807) is 0 Å². The Balaban J connectivity index is 1.41. The molecule has 1 saturated carbocycles. The first-order valence-corrected chi connectivity index (χ1v) is 7.70. The van der Waals surface area contributed by atoms with Crippen LogP contribution in [-0.2, 0) is 11.3 Å². The molecule has 1 aromatic heterocycles. The van der Waals surface area contributed by atoms with E-state index in [1.807, 2.05) is 4.90 Å². The topological polar surface area (TPSA) is 91.5 Å². The third kappa shape index (κ3) is 3.79. The summed E-state index contributed by atoms with van der Waals surface area (Å²) in [6, 6.07) is 0. The first-order chi connectivity index (χ1) is 10.2. The lowest BCUT2D eigenvalue weighted by atomic mass is 9.85. The molecule has 1 atom stereocenters. The maximum absolute atomic E-state index is 11.9. The fourth-order valence-corrected chi connectivity index (χ4v) is 2.77. The van der Waals surface area contributed by atoms with E-state index >= 15 is 0 Å². The normalized spacial score (nSPS) is 23.8. The molecule has 0 radical (unpaired) electrons. The minimum atomic E-state index is -0.311. The van der Waals surface area contributed by atoms with Crippen LogP contribution < -0.4 is 5.32 Å². The van der Waals surface area contributed by atoms with Gasteiger partial charge in [-0.05, 0) is 32.2 Å². The molecule has 1 aliphatic heterocycles. The molecule has 0 spiro atoms. The van der Waals surface area contributed by atoms with Crippen LogP contribution in [0.25, 0.3) is 0 Å². The fraction of sp³-hybridized carbons (Fsp3) is 0.786. The van der Waals surface area contributed by atoms with Crippen LogP contribution in [0, 0.1) is 0 Å². The van der Waals surface area contributed by atoms with Crippen molar-refractivity contribution < 1.29 is 14.4 Å². The molecule has 2 fully saturated rings. The van der Waals surface area contributed by atoms with Crippen LogP contribution in [-0.4, -0.2) is 51.8 Å². The van der Waals surface area contributed by atoms with Crippen LogP contribution in [0.2, 0.25) is 0 Å². The maximum Gasteiger partial charge on any atom is 0.234 e. The van der Waals surface area contributed by atoms with E-state index in [0.29, 0.717) is 37.3 Å². The van der Waals surface area contributed by atoms with Gasteiger partial charge in [0.05, 0.1) is 19.2 Å². The van der Waals surface area contributed by atoms with Gasteiger partial charge in [-0.25, -0.2) is 0 Å². The molecule has 2 N–H and O–H groups in total. The number of amides is 1. The Morgan fingerprint density at radius 2 is 2.24 bits per heavy atom. The van der Waals surface area contributed by atoms with E-state index in [-0.39, 0.29) is 12.0 Å². The van der Waals surface area contributed by atoms with Crippen LogP contribution in [0.15, 0.2) is 4.52 Å². The number of nitrogens with one attached hydrogen (secondary N) is 1. The van der Waals surface area contributed by atoms with Gasteiger partial charge in [-0.2, -0.15) is 4.98 Å². The summed E-state index contributed by atoms with van der Waals surface area (Å²) >= 11 is 0. The minimum absolute atomic E-state index is 0.0703. The zero-order valence-corrected chi connectivity index (χ0v) is 12.1. The number of rotatable bonds is 5. The summed E-state index contributed by atoms with van der Waals surface area (Å²) in [6.07, 6.45) is 4.90. The molecule has 2 aliphatic rings. The molecule has 2 heterocycles. The SMILES string of the molecule is O=C(CN1CCC[C@@H](O)C1)NCc1noc(C2CCC2)n1. The number of carbonyl (C=O) groups excluding carboxylic acids is 1. The van der Waals surface area contributed by atoms with Gasteiger partial charge in [-0.15, -0.1) is 0 Å². The Morgan fingerprint density at radius 3 is 2.95 bits per heavy atom. The summed E-state index contributed by atoms with van der Waals surface area (Å²) in [5.74, 6) is 1.57. The minimum Gasteiger partial charge on any atom is -0.392 e. The second-order valence-electron chi connectivity index (χ2n) is 5.98. The second-order valence-corrected chi connectivity index (χ2v) is 5.98. The third-order valence-electron chi connectivity index (χ3n) is 4.23. The summed E-state index contributed by atoms with van der Waals surface area (Å²) < 4.78 is 5.21. The number of piperidine rings is 1. The molecule has 1 saturated heterocycles. The first kappa shape index (κ1) is 14.5. The van der Waals surface area contributed by atoms with Crippen molar-refractivity contribution in [3.05, 3.63) is 11.7 Å². The summed E-state index contributed by atoms with van der Waals surface area (Å²) in [5, 5.41) is 16.3. The van der Waals surface area contributed by atoms with Crippen LogP contribution in [0.3, 0.4) is 0 Å². The maximum atomic E-state index is 11.9. The van der Waals surface area contributed by atoms with Crippen molar-refractivity contribution in [3.8, 4) is 0 Å². The second kappa shape index (κ2) is 6.53. The average Bonchev–Trinajstić information content (AvgIpc) is 2.83. The number of hydrogen-bond donors (Lipinski definition) is 2. The number of hydrogen-bond acceptors (Lipinski definition) is 6. The zero-order chi connectivity index (χ0) is 14.7. The molecule has 7 heteroatoms. The third-order valence-corrected chi connectivity index (χ3v) is 4.23. The molecule has 3 rings (SSSR count). The Bertz CT molecular complexity index is 486. The van der Waals surface area contributed by atoms with Gasteiger partial charge < -0.3 is 14.9 Å². The Hall–Kier alpha value is -1.47. The molecule has 1 aliphatic carbocycles. The number of β-amino-alcohol motifs (C(OH)–C–C–N with tert-alkyl or cyclic N) is 1. The van der Waals surface area contributed by atoms with E-state index in [2.05, 4.69) is 15.5 Å². The van der Waals surface area contributed by atoms with Gasteiger partial charge in [-0.1, -0.05) is 11.6 Å². The first-order valence-electron chi connectivity index (χ1n) is 7.70. The van der Waals surface area contributed by atoms with Crippen LogP contribution >= 0.6 is 0 Å². The van der Waals surface area contributed by atoms with Crippen molar-refractivity contribution in [2.75, 3.05) is 19.6 Å². The molecular formula is C14H22N4O3. The van der Waals surface area contributed by atoms with Gasteiger partial charge in [-0.3, -0.25) is 9.69 Å². The Labute approximate surface area is 123 Å². The van der Waals surface area contributed by atoms with Crippen molar-refractivity contribution >= 4 is 5.91 Å². The van der Waals surface area contributed by atoms with Gasteiger partial charge in [0.25, 0.3) is 0 Å². The zero-order valence-electron chi connectivity index (χ0n) is 12.1. The number of likely N-dealkylation sites (tertiary alicyclic amines) is 1. The van der Waals surface area contributed by atoms with Gasteiger partial charge in [0, 0.05) is 12.5 Å². The lowest BCUT2D eigenvalue weighted by molar-refractivity contribution is -0.123. The number of aromatic nitrogens is 2. The standard InChI is InChI=1S/C14H22N4O3/c19-11-5-2-6-18(8-11)9-13(20)15-7-12-16-14(21-17-12)10-3-1-4-10/h10-11,19H,1-9H2,(H,15,20)/t11-/m1/s1. The van der Waals surface area contributed by atoms with Crippen molar-refractivity contribution in [1.82, 2.24) is 20.4 Å². The number of aliphatic hydroxyl groups excluding tert-OH is 1. The van der Waals surface area contributed by atoms with Gasteiger partial charge in [0.1, 0.15) is 0 Å². The monoisotopic (exact) mass is 294 g/mol. The quantitative estimate of drug-likeness (QED) is 0.817. The van der Waals surface area contributed by atoms with Gasteiger partial charge in [0.15, 0.2) is 5.82 Å². The van der Waals surface area contributed by atoms with Crippen molar-refractivity contribution in [1.29, 1.82) is 0 Å². The summed E-state index contributed by atoms with van der Waals surface area (Å²) in [5.41, 5.74) is 0. The van der Waals surface area contributed by atoms with Crippen molar-refractivity contribution in [2.24, 2.45) is 0 Å². The largest absolute Gasteiger partial charge is 0.392 e. The fourth-order valence-electron chi connectivity index (χ4n) is 2.77. The van der Waals surface area contributed by atoms with E-state index in [0.717, 1.165) is 32.2 Å². The predicted octanol–water partition coefficient (Wildman–Crippen LogP) is 0.410. The van der Waals surface area contributed by atoms with Crippen LogP contribution in [0.4, 0.5) is 0 Å². The van der Waals surface area contributed by atoms with Crippen LogP contribution in [0.1, 0.15) is 49.7 Å². The number of aliphatic hydroxyl groups is 1. The highest BCUT2D eigenvalue weighted by Crippen LogP contribution is 2.35. The van der Waals surface area contributed by atoms with E-state index in [1.165, 1.54) is 6.42 Å². The molecule has 1 amide bonds. The van der Waals surface area contributed by atoms with Crippen molar-refractivity contribution in [3.63, 3.8) is 0 Å². The Kier molecular flexibility index (Phi) is 4.50. The number of carbonyl (C=O) groups is 1. The van der Waals surface area contributed by atoms with E-state index < -0.39 is 0 Å². The molecule has 7 nitrogen and oxygen atoms in total. The highest BCUT2D eigenvalue weighted by atomic mass is 16.5. The molecule has 1 aromatic rings. The van der Waals surface area contributed by atoms with E-state index in [9.17, 15) is 9.90 Å². The Morgan fingerprint density at radius 1 is 1.38 bits per heavy atom. The molecule has 0 bridgehead atoms. The highest BCUT2D eigenvalue weighted by Gasteiger charge is 2.25. The summed E-state index contributed by atoms with van der Waals surface area (Å²) in [4.78, 5) is 18.2. The molecular weight excluding hydrogens is 272 g/mol. The summed E-state index contributed by atoms with van der Waals surface area (Å²) in [7, 11) is 0. The van der Waals surface area contributed by atoms with Crippen molar-refractivity contribution in [2.45, 2.75) is 50.7 Å². The highest BCUT2D eigenvalue weighted by molar-refractivity contribution is 5.77. The van der Waals surface area contributed by atoms with Gasteiger partial charge >= 0.3 is 0 Å². The molecule has 116 valence electrons. The molecule has 21 heavy (non-hydrogen) atoms. The molecule has 0 aromatic carbocycles. The predicted molar refractivity (Wildman–Crippen MR) is 74.4 cm³/mol. The molecule has 0 unspecified atom stereocenters. The lowest BCUT2D eigenvalue weighted by Gasteiger charge is -2.29. The average molecular weight is 294 g/mol. The van der Waals surface area contributed by atoms with Crippen LogP contribution in [0.5, 0.6) is 0 Å². The summed E-state index contributed by atoms with van der Waals surface area (Å²) in [6.45, 7) is 2.04. The van der Waals surface area contributed by atoms with E-state index in [4.69, 9.17) is 4.52 Å². The lowest BCUT2D eigenvalue weighted by Crippen LogP contribution is -2.44. The van der Waals surface area contributed by atoms with Gasteiger partial charge in [0.2, 0.25) is 11.8 Å².